The minimum Gasteiger partial charge on any atom is -0.493 e. The van der Waals surface area contributed by atoms with E-state index in [0.717, 1.165) is 46.6 Å². The molecular formula is C26H34N2O6. The molecule has 0 bridgehead atoms. The summed E-state index contributed by atoms with van der Waals surface area (Å²) in [5, 5.41) is 14.5. The Morgan fingerprint density at radius 2 is 1.85 bits per heavy atom. The molecule has 8 heteroatoms. The number of nitrogens with zero attached hydrogens (tertiary/aromatic N) is 1. The molecule has 0 spiro atoms. The maximum Gasteiger partial charge on any atom is 0.217 e. The lowest BCUT2D eigenvalue weighted by molar-refractivity contribution is -0.119. The third-order valence-corrected chi connectivity index (χ3v) is 6.68. The van der Waals surface area contributed by atoms with Crippen molar-refractivity contribution in [3.63, 3.8) is 0 Å². The largest absolute Gasteiger partial charge is 0.493 e. The van der Waals surface area contributed by atoms with Gasteiger partial charge < -0.3 is 34.3 Å². The van der Waals surface area contributed by atoms with Crippen molar-refractivity contribution in [3.05, 3.63) is 46.2 Å². The minimum atomic E-state index is -0.814. The number of aliphatic hydroxyl groups excluding tert-OH is 1. The molecule has 1 fully saturated rings. The molecule has 4 rings (SSSR count). The Balaban J connectivity index is 1.97. The zero-order valence-electron chi connectivity index (χ0n) is 20.6. The number of allylic oxidation sites excluding steroid dienone is 2. The second-order valence-electron chi connectivity index (χ2n) is 8.76. The number of hydrogen-bond donors (Lipinski definition) is 2. The number of carbonyl (C=O) groups is 1. The van der Waals surface area contributed by atoms with Crippen LogP contribution in [-0.2, 0) is 16.0 Å². The number of nitrogens with one attached hydrogen (secondary N) is 1. The molecule has 1 heterocycles. The van der Waals surface area contributed by atoms with Crippen molar-refractivity contribution in [2.24, 2.45) is 0 Å². The van der Waals surface area contributed by atoms with Crippen LogP contribution in [0.1, 0.15) is 31.4 Å². The van der Waals surface area contributed by atoms with Crippen LogP contribution < -0.4 is 19.5 Å². The zero-order chi connectivity index (χ0) is 24.4. The van der Waals surface area contributed by atoms with Crippen molar-refractivity contribution in [1.82, 2.24) is 10.2 Å². The van der Waals surface area contributed by atoms with E-state index in [2.05, 4.69) is 16.3 Å². The van der Waals surface area contributed by atoms with E-state index < -0.39 is 6.10 Å². The highest BCUT2D eigenvalue weighted by Gasteiger charge is 2.34. The summed E-state index contributed by atoms with van der Waals surface area (Å²) in [6.45, 7) is 6.22. The van der Waals surface area contributed by atoms with Crippen molar-refractivity contribution in [1.29, 1.82) is 0 Å². The van der Waals surface area contributed by atoms with Crippen LogP contribution in [-0.4, -0.2) is 75.7 Å². The van der Waals surface area contributed by atoms with Gasteiger partial charge in [0, 0.05) is 31.3 Å². The van der Waals surface area contributed by atoms with E-state index >= 15 is 0 Å². The van der Waals surface area contributed by atoms with Gasteiger partial charge in [-0.1, -0.05) is 0 Å². The quantitative estimate of drug-likeness (QED) is 0.683. The summed E-state index contributed by atoms with van der Waals surface area (Å²) >= 11 is 0. The molecule has 8 nitrogen and oxygen atoms in total. The first kappa shape index (κ1) is 24.2. The average molecular weight is 471 g/mol. The molecule has 0 radical (unpaired) electrons. The Kier molecular flexibility index (Phi) is 7.19. The zero-order valence-corrected chi connectivity index (χ0v) is 20.6. The Morgan fingerprint density at radius 3 is 2.47 bits per heavy atom. The number of amides is 1. The fraction of sp³-hybridized carbons (Fsp3) is 0.500. The molecule has 3 aliphatic rings. The lowest BCUT2D eigenvalue weighted by atomic mass is 9.90. The predicted octanol–water partition coefficient (Wildman–Crippen LogP) is 2.45. The first-order valence-electron chi connectivity index (χ1n) is 11.6. The third-order valence-electron chi connectivity index (χ3n) is 6.68. The Labute approximate surface area is 200 Å². The van der Waals surface area contributed by atoms with E-state index in [4.69, 9.17) is 18.9 Å². The summed E-state index contributed by atoms with van der Waals surface area (Å²) in [5.74, 6) is 1.57. The van der Waals surface area contributed by atoms with E-state index in [9.17, 15) is 9.90 Å². The van der Waals surface area contributed by atoms with Gasteiger partial charge in [-0.3, -0.25) is 4.79 Å². The predicted molar refractivity (Wildman–Crippen MR) is 129 cm³/mol. The molecule has 2 aliphatic carbocycles. The summed E-state index contributed by atoms with van der Waals surface area (Å²) in [6.07, 6.45) is 4.53. The van der Waals surface area contributed by atoms with Gasteiger partial charge in [-0.25, -0.2) is 0 Å². The smallest absolute Gasteiger partial charge is 0.217 e. The molecule has 1 saturated heterocycles. The average Bonchev–Trinajstić information content (AvgIpc) is 3.04. The minimum absolute atomic E-state index is 0.116. The maximum atomic E-state index is 12.1. The monoisotopic (exact) mass is 470 g/mol. The van der Waals surface area contributed by atoms with E-state index in [1.165, 1.54) is 6.92 Å². The Morgan fingerprint density at radius 1 is 1.15 bits per heavy atom. The molecule has 1 aromatic carbocycles. The van der Waals surface area contributed by atoms with E-state index in [1.807, 2.05) is 19.1 Å². The standard InChI is InChI=1S/C26H34N2O6/c1-15-12-19-18(14-21(30)24(15)28-8-10-34-11-9-28)20(27-16(2)29)7-6-17-13-22(31-3)25(32-4)26(33-5)23(17)19/h12-14,20-21,30H,6-11H2,1-5H3,(H,27,29)/t20-,21-/m0/s1. The number of aliphatic hydroxyl groups is 1. The Hall–Kier alpha value is -2.97. The van der Waals surface area contributed by atoms with Gasteiger partial charge in [0.2, 0.25) is 11.7 Å². The molecule has 0 saturated carbocycles. The second kappa shape index (κ2) is 10.1. The number of rotatable bonds is 5. The van der Waals surface area contributed by atoms with Gasteiger partial charge in [-0.05, 0) is 60.3 Å². The second-order valence-corrected chi connectivity index (χ2v) is 8.76. The molecule has 1 aliphatic heterocycles. The van der Waals surface area contributed by atoms with Gasteiger partial charge in [-0.2, -0.15) is 0 Å². The fourth-order valence-electron chi connectivity index (χ4n) is 5.26. The molecule has 0 aromatic heterocycles. The first-order valence-corrected chi connectivity index (χ1v) is 11.6. The number of morpholine rings is 1. The Bertz CT molecular complexity index is 1050. The molecule has 2 atom stereocenters. The highest BCUT2D eigenvalue weighted by atomic mass is 16.5. The summed E-state index contributed by atoms with van der Waals surface area (Å²) < 4.78 is 22.7. The fourth-order valence-corrected chi connectivity index (χ4v) is 5.26. The number of methoxy groups -OCH3 is 3. The van der Waals surface area contributed by atoms with Gasteiger partial charge in [-0.15, -0.1) is 0 Å². The lowest BCUT2D eigenvalue weighted by Crippen LogP contribution is -2.39. The summed E-state index contributed by atoms with van der Waals surface area (Å²) in [6, 6.07) is 1.72. The maximum absolute atomic E-state index is 12.1. The summed E-state index contributed by atoms with van der Waals surface area (Å²) in [5.41, 5.74) is 5.53. The molecular weight excluding hydrogens is 436 g/mol. The van der Waals surface area contributed by atoms with Gasteiger partial charge in [0.25, 0.3) is 0 Å². The van der Waals surface area contributed by atoms with Crippen molar-refractivity contribution >= 4 is 11.5 Å². The summed E-state index contributed by atoms with van der Waals surface area (Å²) in [7, 11) is 4.81. The molecule has 184 valence electrons. The van der Waals surface area contributed by atoms with E-state index in [-0.39, 0.29) is 11.9 Å². The lowest BCUT2D eigenvalue weighted by Gasteiger charge is -2.33. The number of aryl methyl sites for hydroxylation is 1. The van der Waals surface area contributed by atoms with Crippen molar-refractivity contribution < 1.29 is 28.8 Å². The van der Waals surface area contributed by atoms with E-state index in [1.54, 1.807) is 21.3 Å². The molecule has 34 heavy (non-hydrogen) atoms. The van der Waals surface area contributed by atoms with Gasteiger partial charge in [0.15, 0.2) is 11.5 Å². The SMILES string of the molecule is COc1cc2c(c(OC)c1OC)C1=CC(C)=C(N3CCOCC3)[C@@H](O)C=C1[C@@H](NC(C)=O)CC2. The van der Waals surface area contributed by atoms with Crippen LogP contribution in [0.5, 0.6) is 17.2 Å². The highest BCUT2D eigenvalue weighted by Crippen LogP contribution is 2.49. The molecule has 2 N–H and O–H groups in total. The topological polar surface area (TPSA) is 89.5 Å². The van der Waals surface area contributed by atoms with Crippen LogP contribution in [0, 0.1) is 0 Å². The number of fused-ring (bicyclic) bond motifs is 3. The van der Waals surface area contributed by atoms with Crippen LogP contribution in [0.25, 0.3) is 5.57 Å². The van der Waals surface area contributed by atoms with Crippen molar-refractivity contribution in [2.45, 2.75) is 38.8 Å². The van der Waals surface area contributed by atoms with E-state index in [0.29, 0.717) is 43.3 Å². The molecule has 1 amide bonds. The molecule has 0 unspecified atom stereocenters. The van der Waals surface area contributed by atoms with Gasteiger partial charge >= 0.3 is 0 Å². The number of ether oxygens (including phenoxy) is 4. The van der Waals surface area contributed by atoms with Crippen LogP contribution in [0.15, 0.2) is 35.1 Å². The first-order chi connectivity index (χ1) is 16.4. The number of hydrogen-bond acceptors (Lipinski definition) is 7. The third kappa shape index (κ3) is 4.40. The van der Waals surface area contributed by atoms with Crippen molar-refractivity contribution in [3.8, 4) is 17.2 Å². The summed E-state index contributed by atoms with van der Waals surface area (Å²) in [4.78, 5) is 14.3. The van der Waals surface area contributed by atoms with Crippen LogP contribution >= 0.6 is 0 Å². The number of carbonyl (C=O) groups excluding carboxylic acids is 1. The van der Waals surface area contributed by atoms with Crippen LogP contribution in [0.3, 0.4) is 0 Å². The van der Waals surface area contributed by atoms with Gasteiger partial charge in [0.1, 0.15) is 6.10 Å². The highest BCUT2D eigenvalue weighted by molar-refractivity contribution is 5.91. The van der Waals surface area contributed by atoms with Crippen LogP contribution in [0.4, 0.5) is 0 Å². The van der Waals surface area contributed by atoms with Crippen LogP contribution in [0.2, 0.25) is 0 Å². The van der Waals surface area contributed by atoms with Crippen molar-refractivity contribution in [2.75, 3.05) is 47.6 Å². The van der Waals surface area contributed by atoms with Gasteiger partial charge in [0.05, 0.1) is 40.6 Å². The normalized spacial score (nSPS) is 22.5. The molecule has 1 aromatic rings. The number of benzene rings is 1.